The molecule has 1 aromatic carbocycles. The van der Waals surface area contributed by atoms with Crippen LogP contribution in [0.25, 0.3) is 17.0 Å². The van der Waals surface area contributed by atoms with Crippen LogP contribution in [-0.2, 0) is 22.6 Å². The Labute approximate surface area is 184 Å². The molecule has 2 aromatic heterocycles. The highest BCUT2D eigenvalue weighted by Crippen LogP contribution is 2.31. The molecule has 0 saturated carbocycles. The normalized spacial score (nSPS) is 16.3. The lowest BCUT2D eigenvalue weighted by Gasteiger charge is -2.14. The second kappa shape index (κ2) is 8.53. The van der Waals surface area contributed by atoms with E-state index in [4.69, 9.17) is 21.8 Å². The number of likely N-dealkylation sites (N-methyl/N-ethyl adjacent to an activating group) is 1. The monoisotopic (exact) mass is 438 g/mol. The summed E-state index contributed by atoms with van der Waals surface area (Å²) in [5, 5.41) is 4.23. The fraction of sp³-hybridized carbons (Fsp3) is 0.261. The summed E-state index contributed by atoms with van der Waals surface area (Å²) in [6.45, 7) is 2.28. The molecule has 2 amide bonds. The van der Waals surface area contributed by atoms with E-state index in [-0.39, 0.29) is 11.8 Å². The quantitative estimate of drug-likeness (QED) is 0.605. The van der Waals surface area contributed by atoms with E-state index in [1.54, 1.807) is 30.3 Å². The lowest BCUT2D eigenvalue weighted by atomic mass is 10.1. The number of furan rings is 1. The summed E-state index contributed by atoms with van der Waals surface area (Å²) >= 11 is 6.21. The number of aryl methyl sites for hydroxylation is 2. The fourth-order valence-corrected chi connectivity index (χ4v) is 3.78. The number of hydrogen-bond acceptors (Lipinski definition) is 5. The average molecular weight is 439 g/mol. The van der Waals surface area contributed by atoms with Crippen LogP contribution in [0.2, 0.25) is 5.02 Å². The minimum atomic E-state index is -0.542. The van der Waals surface area contributed by atoms with Gasteiger partial charge in [-0.2, -0.15) is 0 Å². The maximum absolute atomic E-state index is 12.6. The number of nitrogens with one attached hydrogen (secondary N) is 1. The van der Waals surface area contributed by atoms with Gasteiger partial charge in [-0.1, -0.05) is 23.7 Å². The van der Waals surface area contributed by atoms with Crippen molar-refractivity contribution < 1.29 is 14.0 Å². The zero-order valence-electron chi connectivity index (χ0n) is 17.3. The molecule has 160 valence electrons. The van der Waals surface area contributed by atoms with Gasteiger partial charge in [0.2, 0.25) is 11.8 Å². The van der Waals surface area contributed by atoms with Crippen LogP contribution in [0.1, 0.15) is 28.9 Å². The van der Waals surface area contributed by atoms with Gasteiger partial charge in [0.05, 0.1) is 17.6 Å². The van der Waals surface area contributed by atoms with Gasteiger partial charge in [-0.3, -0.25) is 9.59 Å². The highest BCUT2D eigenvalue weighted by Gasteiger charge is 2.21. The molecule has 3 N–H and O–H groups in total. The van der Waals surface area contributed by atoms with E-state index in [0.717, 1.165) is 22.1 Å². The molecule has 0 fully saturated rings. The Morgan fingerprint density at radius 2 is 2.26 bits per heavy atom. The van der Waals surface area contributed by atoms with Crippen molar-refractivity contribution in [2.75, 3.05) is 12.4 Å². The van der Waals surface area contributed by atoms with E-state index in [2.05, 4.69) is 10.3 Å². The predicted molar refractivity (Wildman–Crippen MR) is 121 cm³/mol. The number of carbonyl (C=O) groups excluding carboxylic acids is 2. The molecular formula is C23H23ClN4O3. The lowest BCUT2D eigenvalue weighted by Crippen LogP contribution is -2.34. The number of fused-ring (bicyclic) bond motifs is 2. The Bertz CT molecular complexity index is 1200. The van der Waals surface area contributed by atoms with E-state index in [1.807, 2.05) is 25.1 Å². The van der Waals surface area contributed by atoms with Gasteiger partial charge >= 0.3 is 0 Å². The van der Waals surface area contributed by atoms with Crippen molar-refractivity contribution in [2.45, 2.75) is 32.4 Å². The summed E-state index contributed by atoms with van der Waals surface area (Å²) < 4.78 is 5.90. The molecule has 0 bridgehead atoms. The SMILES string of the molecule is Cc1c(CN(C)C(=O)C=Cc2cnc3c(c2)CCC(N)C(=O)N3)oc2c(Cl)cccc12. The molecule has 1 aliphatic heterocycles. The number of para-hydroxylation sites is 1. The fourth-order valence-electron chi connectivity index (χ4n) is 3.57. The third kappa shape index (κ3) is 4.33. The molecule has 0 spiro atoms. The molecule has 8 heteroatoms. The molecule has 0 radical (unpaired) electrons. The Morgan fingerprint density at radius 1 is 1.45 bits per heavy atom. The molecule has 0 saturated heterocycles. The molecular weight excluding hydrogens is 416 g/mol. The number of benzene rings is 1. The first-order valence-electron chi connectivity index (χ1n) is 9.98. The number of pyridine rings is 1. The van der Waals surface area contributed by atoms with Crippen molar-refractivity contribution in [1.29, 1.82) is 0 Å². The molecule has 31 heavy (non-hydrogen) atoms. The van der Waals surface area contributed by atoms with Gasteiger partial charge < -0.3 is 20.4 Å². The van der Waals surface area contributed by atoms with Gasteiger partial charge in [-0.05, 0) is 49.1 Å². The van der Waals surface area contributed by atoms with E-state index < -0.39 is 6.04 Å². The number of anilines is 1. The molecule has 7 nitrogen and oxygen atoms in total. The summed E-state index contributed by atoms with van der Waals surface area (Å²) in [6.07, 6.45) is 6.02. The van der Waals surface area contributed by atoms with E-state index in [9.17, 15) is 9.59 Å². The summed E-state index contributed by atoms with van der Waals surface area (Å²) in [7, 11) is 1.72. The van der Waals surface area contributed by atoms with Gasteiger partial charge in [0.25, 0.3) is 0 Å². The number of aromatic nitrogens is 1. The number of amides is 2. The maximum Gasteiger partial charge on any atom is 0.246 e. The molecule has 1 unspecified atom stereocenters. The highest BCUT2D eigenvalue weighted by molar-refractivity contribution is 6.34. The molecule has 3 aromatic rings. The number of nitrogens with zero attached hydrogens (tertiary/aromatic N) is 2. The summed E-state index contributed by atoms with van der Waals surface area (Å²) in [4.78, 5) is 30.3. The molecule has 4 rings (SSSR count). The molecule has 0 aliphatic carbocycles. The van der Waals surface area contributed by atoms with Crippen molar-refractivity contribution >= 4 is 46.3 Å². The van der Waals surface area contributed by atoms with Crippen molar-refractivity contribution in [2.24, 2.45) is 5.73 Å². The second-order valence-corrected chi connectivity index (χ2v) is 8.11. The summed E-state index contributed by atoms with van der Waals surface area (Å²) in [5.74, 6) is 0.827. The Morgan fingerprint density at radius 3 is 3.03 bits per heavy atom. The Hall–Kier alpha value is -3.16. The first-order valence-corrected chi connectivity index (χ1v) is 10.4. The van der Waals surface area contributed by atoms with E-state index in [0.29, 0.717) is 41.6 Å². The zero-order valence-corrected chi connectivity index (χ0v) is 18.1. The van der Waals surface area contributed by atoms with Crippen LogP contribution in [0.5, 0.6) is 0 Å². The van der Waals surface area contributed by atoms with Crippen LogP contribution in [0.3, 0.4) is 0 Å². The predicted octanol–water partition coefficient (Wildman–Crippen LogP) is 3.67. The minimum Gasteiger partial charge on any atom is -0.457 e. The maximum atomic E-state index is 12.6. The zero-order chi connectivity index (χ0) is 22.1. The summed E-state index contributed by atoms with van der Waals surface area (Å²) in [6, 6.07) is 6.98. The van der Waals surface area contributed by atoms with Gasteiger partial charge in [0.15, 0.2) is 5.58 Å². The number of nitrogens with two attached hydrogens (primary N) is 1. The van der Waals surface area contributed by atoms with Crippen LogP contribution >= 0.6 is 11.6 Å². The van der Waals surface area contributed by atoms with Gasteiger partial charge in [0, 0.05) is 30.3 Å². The van der Waals surface area contributed by atoms with E-state index in [1.165, 1.54) is 6.08 Å². The average Bonchev–Trinajstić information content (AvgIpc) is 2.99. The van der Waals surface area contributed by atoms with Crippen molar-refractivity contribution in [3.8, 4) is 0 Å². The van der Waals surface area contributed by atoms with Crippen LogP contribution < -0.4 is 11.1 Å². The van der Waals surface area contributed by atoms with Crippen molar-refractivity contribution in [1.82, 2.24) is 9.88 Å². The van der Waals surface area contributed by atoms with Crippen LogP contribution in [0.15, 0.2) is 41.0 Å². The molecule has 1 aliphatic rings. The lowest BCUT2D eigenvalue weighted by molar-refractivity contribution is -0.125. The van der Waals surface area contributed by atoms with Crippen molar-refractivity contribution in [3.05, 3.63) is 64.0 Å². The number of hydrogen-bond donors (Lipinski definition) is 2. The standard InChI is InChI=1S/C23H23ClN4O3/c1-13-16-4-3-5-17(24)21(16)31-19(13)12-28(2)20(29)9-6-14-10-15-7-8-18(25)23(30)27-22(15)26-11-14/h3-6,9-11,18H,7-8,12,25H2,1-2H3,(H,26,27,30). The van der Waals surface area contributed by atoms with Crippen molar-refractivity contribution in [3.63, 3.8) is 0 Å². The summed E-state index contributed by atoms with van der Waals surface area (Å²) in [5.41, 5.74) is 9.10. The largest absolute Gasteiger partial charge is 0.457 e. The van der Waals surface area contributed by atoms with Gasteiger partial charge in [-0.15, -0.1) is 0 Å². The topological polar surface area (TPSA) is 101 Å². The molecule has 3 heterocycles. The molecule has 1 atom stereocenters. The third-order valence-electron chi connectivity index (χ3n) is 5.48. The smallest absolute Gasteiger partial charge is 0.246 e. The van der Waals surface area contributed by atoms with Crippen LogP contribution in [0.4, 0.5) is 5.82 Å². The van der Waals surface area contributed by atoms with Crippen LogP contribution in [0, 0.1) is 6.92 Å². The van der Waals surface area contributed by atoms with E-state index >= 15 is 0 Å². The van der Waals surface area contributed by atoms with Crippen LogP contribution in [-0.4, -0.2) is 34.8 Å². The number of carbonyl (C=O) groups is 2. The second-order valence-electron chi connectivity index (χ2n) is 7.71. The third-order valence-corrected chi connectivity index (χ3v) is 5.78. The number of rotatable bonds is 4. The van der Waals surface area contributed by atoms with Gasteiger partial charge in [0.1, 0.15) is 11.6 Å². The first kappa shape index (κ1) is 21.1. The first-order chi connectivity index (χ1) is 14.8. The minimum absolute atomic E-state index is 0.170. The Balaban J connectivity index is 1.47. The highest BCUT2D eigenvalue weighted by atomic mass is 35.5. The Kier molecular flexibility index (Phi) is 5.80. The van der Waals surface area contributed by atoms with Gasteiger partial charge in [-0.25, -0.2) is 4.98 Å². The number of halogens is 1.